The van der Waals surface area contributed by atoms with Crippen LogP contribution in [0.15, 0.2) is 36.7 Å². The van der Waals surface area contributed by atoms with E-state index in [9.17, 15) is 0 Å². The Balaban J connectivity index is 1.91. The van der Waals surface area contributed by atoms with E-state index in [4.69, 9.17) is 4.74 Å². The molecule has 0 radical (unpaired) electrons. The van der Waals surface area contributed by atoms with Crippen LogP contribution in [0.1, 0.15) is 18.9 Å². The van der Waals surface area contributed by atoms with Gasteiger partial charge in [-0.1, -0.05) is 19.1 Å². The van der Waals surface area contributed by atoms with E-state index < -0.39 is 0 Å². The summed E-state index contributed by atoms with van der Waals surface area (Å²) in [6, 6.07) is 8.12. The Bertz CT molecular complexity index is 476. The van der Waals surface area contributed by atoms with E-state index in [0.717, 1.165) is 31.0 Å². The van der Waals surface area contributed by atoms with Crippen molar-refractivity contribution in [2.24, 2.45) is 7.05 Å². The quantitative estimate of drug-likeness (QED) is 0.795. The van der Waals surface area contributed by atoms with Gasteiger partial charge in [0.05, 0.1) is 12.4 Å². The fourth-order valence-corrected chi connectivity index (χ4v) is 1.67. The molecule has 0 saturated heterocycles. The van der Waals surface area contributed by atoms with Crippen molar-refractivity contribution in [3.8, 4) is 11.5 Å². The maximum atomic E-state index is 5.68. The largest absolute Gasteiger partial charge is 0.454 e. The molecule has 96 valence electrons. The van der Waals surface area contributed by atoms with Gasteiger partial charge in [0.15, 0.2) is 5.75 Å². The highest BCUT2D eigenvalue weighted by molar-refractivity contribution is 5.31. The van der Waals surface area contributed by atoms with E-state index in [1.165, 1.54) is 5.56 Å². The summed E-state index contributed by atoms with van der Waals surface area (Å²) in [5, 5.41) is 7.43. The molecule has 0 saturated carbocycles. The lowest BCUT2D eigenvalue weighted by Crippen LogP contribution is -2.13. The van der Waals surface area contributed by atoms with Crippen LogP contribution in [0.25, 0.3) is 0 Å². The van der Waals surface area contributed by atoms with E-state index in [1.54, 1.807) is 10.9 Å². The lowest BCUT2D eigenvalue weighted by Gasteiger charge is -2.05. The molecule has 18 heavy (non-hydrogen) atoms. The molecule has 2 aromatic rings. The van der Waals surface area contributed by atoms with Crippen molar-refractivity contribution >= 4 is 0 Å². The molecule has 0 bridgehead atoms. The molecule has 0 aliphatic heterocycles. The molecule has 0 atom stereocenters. The summed E-state index contributed by atoms with van der Waals surface area (Å²) in [7, 11) is 1.87. The van der Waals surface area contributed by atoms with Gasteiger partial charge in [-0.3, -0.25) is 4.68 Å². The van der Waals surface area contributed by atoms with Crippen molar-refractivity contribution in [2.45, 2.75) is 19.9 Å². The summed E-state index contributed by atoms with van der Waals surface area (Å²) < 4.78 is 7.40. The van der Waals surface area contributed by atoms with Gasteiger partial charge in [-0.2, -0.15) is 5.10 Å². The van der Waals surface area contributed by atoms with Crippen LogP contribution in [0.4, 0.5) is 0 Å². The summed E-state index contributed by atoms with van der Waals surface area (Å²) in [6.45, 7) is 4.12. The van der Waals surface area contributed by atoms with E-state index in [2.05, 4.69) is 29.5 Å². The molecular weight excluding hydrogens is 226 g/mol. The average molecular weight is 245 g/mol. The van der Waals surface area contributed by atoms with Gasteiger partial charge >= 0.3 is 0 Å². The fraction of sp³-hybridized carbons (Fsp3) is 0.357. The highest BCUT2D eigenvalue weighted by atomic mass is 16.5. The minimum atomic E-state index is 0.759. The summed E-state index contributed by atoms with van der Waals surface area (Å²) >= 11 is 0. The number of benzene rings is 1. The number of nitrogens with zero attached hydrogens (tertiary/aromatic N) is 2. The Labute approximate surface area is 108 Å². The van der Waals surface area contributed by atoms with Crippen LogP contribution in [0, 0.1) is 0 Å². The molecule has 0 spiro atoms. The normalized spacial score (nSPS) is 10.6. The first-order valence-electron chi connectivity index (χ1n) is 6.24. The van der Waals surface area contributed by atoms with Crippen molar-refractivity contribution in [3.63, 3.8) is 0 Å². The zero-order valence-corrected chi connectivity index (χ0v) is 10.9. The number of rotatable bonds is 6. The SMILES string of the molecule is CCCNCc1ccc(Oc2cnn(C)c2)cc1. The summed E-state index contributed by atoms with van der Waals surface area (Å²) in [5.74, 6) is 1.59. The third-order valence-corrected chi connectivity index (χ3v) is 2.60. The van der Waals surface area contributed by atoms with Gasteiger partial charge in [0.25, 0.3) is 0 Å². The number of hydrogen-bond acceptors (Lipinski definition) is 3. The first kappa shape index (κ1) is 12.6. The number of aryl methyl sites for hydroxylation is 1. The Morgan fingerprint density at radius 1 is 1.22 bits per heavy atom. The lowest BCUT2D eigenvalue weighted by atomic mass is 10.2. The first-order valence-corrected chi connectivity index (χ1v) is 6.24. The molecule has 0 fully saturated rings. The van der Waals surface area contributed by atoms with Crippen molar-refractivity contribution in [2.75, 3.05) is 6.54 Å². The fourth-order valence-electron chi connectivity index (χ4n) is 1.67. The average Bonchev–Trinajstić information content (AvgIpc) is 2.77. The molecule has 0 aliphatic rings. The van der Waals surface area contributed by atoms with Crippen molar-refractivity contribution < 1.29 is 4.74 Å². The topological polar surface area (TPSA) is 39.1 Å². The molecule has 1 heterocycles. The minimum absolute atomic E-state index is 0.759. The molecular formula is C14H19N3O. The van der Waals surface area contributed by atoms with Crippen LogP contribution in [0.5, 0.6) is 11.5 Å². The van der Waals surface area contributed by atoms with Gasteiger partial charge in [-0.15, -0.1) is 0 Å². The molecule has 1 aromatic heterocycles. The smallest absolute Gasteiger partial charge is 0.165 e. The van der Waals surface area contributed by atoms with Crippen LogP contribution < -0.4 is 10.1 Å². The molecule has 1 aromatic carbocycles. The van der Waals surface area contributed by atoms with Crippen LogP contribution in [0.2, 0.25) is 0 Å². The number of nitrogens with one attached hydrogen (secondary N) is 1. The molecule has 4 heteroatoms. The Kier molecular flexibility index (Phi) is 4.36. The Hall–Kier alpha value is -1.81. The molecule has 4 nitrogen and oxygen atoms in total. The van der Waals surface area contributed by atoms with Gasteiger partial charge < -0.3 is 10.1 Å². The summed E-state index contributed by atoms with van der Waals surface area (Å²) in [4.78, 5) is 0. The van der Waals surface area contributed by atoms with Gasteiger partial charge in [0.1, 0.15) is 5.75 Å². The van der Waals surface area contributed by atoms with Crippen molar-refractivity contribution in [3.05, 3.63) is 42.2 Å². The zero-order valence-electron chi connectivity index (χ0n) is 10.9. The van der Waals surface area contributed by atoms with E-state index >= 15 is 0 Å². The third-order valence-electron chi connectivity index (χ3n) is 2.60. The van der Waals surface area contributed by atoms with Crippen LogP contribution in [-0.4, -0.2) is 16.3 Å². The van der Waals surface area contributed by atoms with E-state index in [0.29, 0.717) is 0 Å². The monoisotopic (exact) mass is 245 g/mol. The van der Waals surface area contributed by atoms with E-state index in [1.807, 2.05) is 25.4 Å². The third kappa shape index (κ3) is 3.60. The highest BCUT2D eigenvalue weighted by Gasteiger charge is 1.99. The van der Waals surface area contributed by atoms with Gasteiger partial charge in [-0.25, -0.2) is 0 Å². The highest BCUT2D eigenvalue weighted by Crippen LogP contribution is 2.20. The standard InChI is InChI=1S/C14H19N3O/c1-3-8-15-9-12-4-6-13(7-5-12)18-14-10-16-17(2)11-14/h4-7,10-11,15H,3,8-9H2,1-2H3. The minimum Gasteiger partial charge on any atom is -0.454 e. The van der Waals surface area contributed by atoms with E-state index in [-0.39, 0.29) is 0 Å². The van der Waals surface area contributed by atoms with Gasteiger partial charge in [0.2, 0.25) is 0 Å². The predicted molar refractivity (Wildman–Crippen MR) is 71.7 cm³/mol. The summed E-state index contributed by atoms with van der Waals surface area (Å²) in [6.07, 6.45) is 4.70. The zero-order chi connectivity index (χ0) is 12.8. The molecule has 0 unspecified atom stereocenters. The molecule has 0 aliphatic carbocycles. The maximum absolute atomic E-state index is 5.68. The van der Waals surface area contributed by atoms with Crippen LogP contribution >= 0.6 is 0 Å². The summed E-state index contributed by atoms with van der Waals surface area (Å²) in [5.41, 5.74) is 1.27. The molecule has 2 rings (SSSR count). The van der Waals surface area contributed by atoms with Crippen molar-refractivity contribution in [1.82, 2.24) is 15.1 Å². The maximum Gasteiger partial charge on any atom is 0.165 e. The second-order valence-corrected chi connectivity index (χ2v) is 4.27. The van der Waals surface area contributed by atoms with Gasteiger partial charge in [0, 0.05) is 13.6 Å². The Morgan fingerprint density at radius 3 is 2.61 bits per heavy atom. The molecule has 0 amide bonds. The molecule has 1 N–H and O–H groups in total. The predicted octanol–water partition coefficient (Wildman–Crippen LogP) is 2.71. The number of ether oxygens (including phenoxy) is 1. The number of hydrogen-bond donors (Lipinski definition) is 1. The lowest BCUT2D eigenvalue weighted by molar-refractivity contribution is 0.481. The second kappa shape index (κ2) is 6.21. The van der Waals surface area contributed by atoms with Crippen LogP contribution in [-0.2, 0) is 13.6 Å². The second-order valence-electron chi connectivity index (χ2n) is 4.27. The van der Waals surface area contributed by atoms with Gasteiger partial charge in [-0.05, 0) is 30.7 Å². The Morgan fingerprint density at radius 2 is 2.00 bits per heavy atom. The number of aromatic nitrogens is 2. The van der Waals surface area contributed by atoms with Crippen LogP contribution in [0.3, 0.4) is 0 Å². The van der Waals surface area contributed by atoms with Crippen molar-refractivity contribution in [1.29, 1.82) is 0 Å². The first-order chi connectivity index (χ1) is 8.78.